The van der Waals surface area contributed by atoms with Gasteiger partial charge < -0.3 is 10.4 Å². The maximum absolute atomic E-state index is 9.07. The lowest BCUT2D eigenvalue weighted by Gasteiger charge is -2.35. The maximum atomic E-state index is 9.07. The van der Waals surface area contributed by atoms with Crippen LogP contribution in [0.25, 0.3) is 0 Å². The highest BCUT2D eigenvalue weighted by molar-refractivity contribution is 5.24. The first-order valence-corrected chi connectivity index (χ1v) is 8.75. The summed E-state index contributed by atoms with van der Waals surface area (Å²) in [7, 11) is 0. The van der Waals surface area contributed by atoms with E-state index in [2.05, 4.69) is 36.1 Å². The molecule has 0 bridgehead atoms. The number of aliphatic hydroxyl groups excluding tert-OH is 1. The van der Waals surface area contributed by atoms with E-state index >= 15 is 0 Å². The van der Waals surface area contributed by atoms with Crippen molar-refractivity contribution >= 4 is 0 Å². The molecule has 2 heterocycles. The molecular weight excluding hydrogens is 276 g/mol. The van der Waals surface area contributed by atoms with Crippen LogP contribution in [0.4, 0.5) is 0 Å². The largest absolute Gasteiger partial charge is 0.394 e. The van der Waals surface area contributed by atoms with Gasteiger partial charge >= 0.3 is 0 Å². The molecule has 1 atom stereocenters. The first-order chi connectivity index (χ1) is 10.7. The Kier molecular flexibility index (Phi) is 6.86. The van der Waals surface area contributed by atoms with Gasteiger partial charge in [0.05, 0.1) is 18.8 Å². The lowest BCUT2D eigenvalue weighted by Crippen LogP contribution is -2.42. The molecule has 1 aliphatic heterocycles. The third-order valence-corrected chi connectivity index (χ3v) is 4.94. The van der Waals surface area contributed by atoms with Crippen LogP contribution in [0.1, 0.15) is 49.6 Å². The van der Waals surface area contributed by atoms with Gasteiger partial charge in [-0.05, 0) is 39.7 Å². The predicted octanol–water partition coefficient (Wildman–Crippen LogP) is 1.85. The number of piperidine rings is 1. The summed E-state index contributed by atoms with van der Waals surface area (Å²) >= 11 is 0. The topological polar surface area (TPSA) is 53.3 Å². The van der Waals surface area contributed by atoms with Gasteiger partial charge in [-0.15, -0.1) is 0 Å². The second-order valence-electron chi connectivity index (χ2n) is 6.37. The molecule has 0 amide bonds. The van der Waals surface area contributed by atoms with Crippen molar-refractivity contribution in [1.82, 2.24) is 20.0 Å². The van der Waals surface area contributed by atoms with Crippen LogP contribution in [0.2, 0.25) is 0 Å². The van der Waals surface area contributed by atoms with Gasteiger partial charge in [-0.25, -0.2) is 0 Å². The highest BCUT2D eigenvalue weighted by atomic mass is 16.3. The second kappa shape index (κ2) is 8.65. The number of nitrogens with one attached hydrogen (secondary N) is 1. The Bertz CT molecular complexity index is 458. The Morgan fingerprint density at radius 3 is 2.82 bits per heavy atom. The van der Waals surface area contributed by atoms with Gasteiger partial charge in [0.25, 0.3) is 0 Å². The van der Waals surface area contributed by atoms with Gasteiger partial charge in [-0.3, -0.25) is 9.58 Å². The van der Waals surface area contributed by atoms with E-state index in [1.165, 1.54) is 43.5 Å². The van der Waals surface area contributed by atoms with Crippen molar-refractivity contribution in [3.8, 4) is 0 Å². The molecule has 1 saturated heterocycles. The molecule has 1 aliphatic rings. The summed E-state index contributed by atoms with van der Waals surface area (Å²) in [5.41, 5.74) is 3.52. The highest BCUT2D eigenvalue weighted by Crippen LogP contribution is 2.18. The predicted molar refractivity (Wildman–Crippen MR) is 90.0 cm³/mol. The summed E-state index contributed by atoms with van der Waals surface area (Å²) in [6, 6.07) is 0.784. The van der Waals surface area contributed by atoms with E-state index in [4.69, 9.17) is 5.11 Å². The molecule has 1 fully saturated rings. The number of hydrogen-bond donors (Lipinski definition) is 2. The van der Waals surface area contributed by atoms with Crippen LogP contribution in [0.15, 0.2) is 0 Å². The van der Waals surface area contributed by atoms with Gasteiger partial charge in [0, 0.05) is 36.9 Å². The molecule has 0 spiro atoms. The summed E-state index contributed by atoms with van der Waals surface area (Å²) < 4.78 is 1.91. The Balaban J connectivity index is 1.79. The highest BCUT2D eigenvalue weighted by Gasteiger charge is 2.20. The van der Waals surface area contributed by atoms with Crippen LogP contribution < -0.4 is 5.32 Å². The van der Waals surface area contributed by atoms with Crippen LogP contribution in [-0.2, 0) is 13.1 Å². The van der Waals surface area contributed by atoms with Crippen LogP contribution in [0, 0.1) is 13.8 Å². The molecular formula is C17H32N4O. The summed E-state index contributed by atoms with van der Waals surface area (Å²) in [6.45, 7) is 11.5. The summed E-state index contributed by atoms with van der Waals surface area (Å²) in [6.07, 6.45) is 5.38. The van der Waals surface area contributed by atoms with Crippen LogP contribution in [0.5, 0.6) is 0 Å². The van der Waals surface area contributed by atoms with E-state index in [0.29, 0.717) is 6.54 Å². The molecule has 0 radical (unpaired) electrons. The molecule has 0 aliphatic carbocycles. The molecule has 0 saturated carbocycles. The van der Waals surface area contributed by atoms with Crippen molar-refractivity contribution in [3.05, 3.63) is 17.0 Å². The molecule has 2 N–H and O–H groups in total. The molecule has 126 valence electrons. The minimum Gasteiger partial charge on any atom is -0.394 e. The standard InChI is InChI=1S/C17H32N4O/c1-4-16-7-5-6-9-20(16)10-8-18-13-17-14(2)19-21(11-12-22)15(17)3/h16,18,22H,4-13H2,1-3H3. The second-order valence-corrected chi connectivity index (χ2v) is 6.37. The number of aryl methyl sites for hydroxylation is 1. The SMILES string of the molecule is CCC1CCCCN1CCNCc1c(C)nn(CCO)c1C. The molecule has 1 aromatic rings. The normalized spacial score (nSPS) is 19.7. The minimum atomic E-state index is 0.141. The number of hydrogen-bond acceptors (Lipinski definition) is 4. The van der Waals surface area contributed by atoms with Crippen molar-refractivity contribution in [3.63, 3.8) is 0 Å². The van der Waals surface area contributed by atoms with Gasteiger partial charge in [0.1, 0.15) is 0 Å². The van der Waals surface area contributed by atoms with Gasteiger partial charge in [0.2, 0.25) is 0 Å². The number of aromatic nitrogens is 2. The zero-order valence-corrected chi connectivity index (χ0v) is 14.4. The zero-order chi connectivity index (χ0) is 15.9. The number of rotatable bonds is 8. The van der Waals surface area contributed by atoms with Crippen LogP contribution in [-0.4, -0.2) is 52.1 Å². The van der Waals surface area contributed by atoms with Crippen molar-refractivity contribution in [1.29, 1.82) is 0 Å². The van der Waals surface area contributed by atoms with E-state index in [-0.39, 0.29) is 6.61 Å². The third kappa shape index (κ3) is 4.31. The van der Waals surface area contributed by atoms with Crippen molar-refractivity contribution in [2.24, 2.45) is 0 Å². The number of aliphatic hydroxyl groups is 1. The first kappa shape index (κ1) is 17.4. The minimum absolute atomic E-state index is 0.141. The molecule has 22 heavy (non-hydrogen) atoms. The third-order valence-electron chi connectivity index (χ3n) is 4.94. The first-order valence-electron chi connectivity index (χ1n) is 8.75. The summed E-state index contributed by atoms with van der Waals surface area (Å²) in [4.78, 5) is 2.64. The molecule has 1 aromatic heterocycles. The van der Waals surface area contributed by atoms with E-state index in [9.17, 15) is 0 Å². The monoisotopic (exact) mass is 308 g/mol. The maximum Gasteiger partial charge on any atom is 0.0644 e. The van der Waals surface area contributed by atoms with Crippen molar-refractivity contribution in [2.45, 2.75) is 65.6 Å². The number of nitrogens with zero attached hydrogens (tertiary/aromatic N) is 3. The average Bonchev–Trinajstić information content (AvgIpc) is 2.79. The van der Waals surface area contributed by atoms with Crippen molar-refractivity contribution < 1.29 is 5.11 Å². The summed E-state index contributed by atoms with van der Waals surface area (Å²) in [5, 5.41) is 17.1. The van der Waals surface area contributed by atoms with Crippen molar-refractivity contribution in [2.75, 3.05) is 26.2 Å². The fourth-order valence-corrected chi connectivity index (χ4v) is 3.56. The lowest BCUT2D eigenvalue weighted by atomic mass is 10.0. The molecule has 2 rings (SSSR count). The average molecular weight is 308 g/mol. The van der Waals surface area contributed by atoms with Gasteiger partial charge in [-0.1, -0.05) is 13.3 Å². The molecule has 5 nitrogen and oxygen atoms in total. The Morgan fingerprint density at radius 2 is 2.09 bits per heavy atom. The van der Waals surface area contributed by atoms with Gasteiger partial charge in [-0.2, -0.15) is 5.10 Å². The van der Waals surface area contributed by atoms with E-state index in [1.54, 1.807) is 0 Å². The fourth-order valence-electron chi connectivity index (χ4n) is 3.56. The molecule has 5 heteroatoms. The van der Waals surface area contributed by atoms with E-state index in [1.807, 2.05) is 4.68 Å². The molecule has 1 unspecified atom stereocenters. The molecule has 0 aromatic carbocycles. The van der Waals surface area contributed by atoms with Crippen LogP contribution >= 0.6 is 0 Å². The number of likely N-dealkylation sites (tertiary alicyclic amines) is 1. The zero-order valence-electron chi connectivity index (χ0n) is 14.4. The fraction of sp³-hybridized carbons (Fsp3) is 0.824. The Labute approximate surface area is 134 Å². The Morgan fingerprint density at radius 1 is 1.27 bits per heavy atom. The van der Waals surface area contributed by atoms with Crippen LogP contribution in [0.3, 0.4) is 0 Å². The quantitative estimate of drug-likeness (QED) is 0.720. The van der Waals surface area contributed by atoms with E-state index in [0.717, 1.165) is 31.4 Å². The smallest absolute Gasteiger partial charge is 0.0644 e. The van der Waals surface area contributed by atoms with Gasteiger partial charge in [0.15, 0.2) is 0 Å². The van der Waals surface area contributed by atoms with E-state index < -0.39 is 0 Å². The summed E-state index contributed by atoms with van der Waals surface area (Å²) in [5.74, 6) is 0. The Hall–Kier alpha value is -0.910. The lowest BCUT2D eigenvalue weighted by molar-refractivity contribution is 0.145.